The first-order valence-electron chi connectivity index (χ1n) is 5.41. The Morgan fingerprint density at radius 3 is 2.65 bits per heavy atom. The summed E-state index contributed by atoms with van der Waals surface area (Å²) >= 11 is 0. The second kappa shape index (κ2) is 5.47. The van der Waals surface area contributed by atoms with Crippen LogP contribution < -0.4 is 0 Å². The molecule has 17 heavy (non-hydrogen) atoms. The van der Waals surface area contributed by atoms with Crippen molar-refractivity contribution in [1.82, 2.24) is 10.1 Å². The maximum absolute atomic E-state index is 12.1. The molecule has 0 fully saturated rings. The van der Waals surface area contributed by atoms with Gasteiger partial charge in [-0.15, -0.1) is 0 Å². The Morgan fingerprint density at radius 1 is 1.59 bits per heavy atom. The molecular weight excluding hydrogens is 224 g/mol. The molecule has 1 amide bonds. The van der Waals surface area contributed by atoms with Gasteiger partial charge in [-0.05, 0) is 20.3 Å². The summed E-state index contributed by atoms with van der Waals surface area (Å²) in [7, 11) is 0. The second-order valence-electron chi connectivity index (χ2n) is 3.92. The summed E-state index contributed by atoms with van der Waals surface area (Å²) in [4.78, 5) is 24.1. The third-order valence-electron chi connectivity index (χ3n) is 2.63. The highest BCUT2D eigenvalue weighted by atomic mass is 16.5. The predicted molar refractivity (Wildman–Crippen MR) is 59.7 cm³/mol. The normalized spacial score (nSPS) is 12.2. The number of aliphatic carboxylic acids is 1. The Hall–Kier alpha value is -1.85. The maximum atomic E-state index is 12.1. The van der Waals surface area contributed by atoms with Gasteiger partial charge in [0.2, 0.25) is 5.76 Å². The Bertz CT molecular complexity index is 413. The van der Waals surface area contributed by atoms with E-state index in [1.54, 1.807) is 13.8 Å². The molecule has 0 spiro atoms. The van der Waals surface area contributed by atoms with Crippen molar-refractivity contribution in [1.29, 1.82) is 0 Å². The van der Waals surface area contributed by atoms with Crippen LogP contribution in [0, 0.1) is 6.92 Å². The van der Waals surface area contributed by atoms with Crippen molar-refractivity contribution >= 4 is 11.9 Å². The van der Waals surface area contributed by atoms with Gasteiger partial charge < -0.3 is 14.5 Å². The number of carboxylic acid groups (broad SMARTS) is 1. The maximum Gasteiger partial charge on any atom is 0.323 e. The number of hydrogen-bond donors (Lipinski definition) is 1. The first-order valence-corrected chi connectivity index (χ1v) is 5.41. The molecule has 1 aromatic heterocycles. The van der Waals surface area contributed by atoms with E-state index in [1.807, 2.05) is 6.92 Å². The fraction of sp³-hybridized carbons (Fsp3) is 0.545. The van der Waals surface area contributed by atoms with E-state index in [0.717, 1.165) is 0 Å². The molecule has 0 aromatic carbocycles. The van der Waals surface area contributed by atoms with Crippen molar-refractivity contribution in [2.75, 3.05) is 6.54 Å². The topological polar surface area (TPSA) is 83.6 Å². The molecule has 0 saturated carbocycles. The number of carboxylic acids is 1. The number of hydrogen-bond acceptors (Lipinski definition) is 4. The SMILES string of the molecule is CCC(C)N(CC(=O)O)C(=O)c1oncc1C. The van der Waals surface area contributed by atoms with Gasteiger partial charge >= 0.3 is 5.97 Å². The molecule has 1 rings (SSSR count). The lowest BCUT2D eigenvalue weighted by Crippen LogP contribution is -2.41. The smallest absolute Gasteiger partial charge is 0.323 e. The average molecular weight is 240 g/mol. The number of nitrogens with zero attached hydrogens (tertiary/aromatic N) is 2. The van der Waals surface area contributed by atoms with Crippen LogP contribution in [0.2, 0.25) is 0 Å². The van der Waals surface area contributed by atoms with Crippen LogP contribution in [-0.2, 0) is 4.79 Å². The molecule has 1 atom stereocenters. The Morgan fingerprint density at radius 2 is 2.24 bits per heavy atom. The van der Waals surface area contributed by atoms with Gasteiger partial charge in [-0.2, -0.15) is 0 Å². The van der Waals surface area contributed by atoms with Crippen LogP contribution in [0.5, 0.6) is 0 Å². The Labute approximate surface area is 99.2 Å². The molecule has 1 aromatic rings. The van der Waals surface area contributed by atoms with Crippen LogP contribution in [0.3, 0.4) is 0 Å². The summed E-state index contributed by atoms with van der Waals surface area (Å²) in [5, 5.41) is 12.3. The predicted octanol–water partition coefficient (Wildman–Crippen LogP) is 1.31. The van der Waals surface area contributed by atoms with Crippen LogP contribution >= 0.6 is 0 Å². The van der Waals surface area contributed by atoms with Crippen molar-refractivity contribution in [3.63, 3.8) is 0 Å². The second-order valence-corrected chi connectivity index (χ2v) is 3.92. The average Bonchev–Trinajstić information content (AvgIpc) is 2.70. The van der Waals surface area contributed by atoms with Gasteiger partial charge in [-0.1, -0.05) is 12.1 Å². The molecule has 6 heteroatoms. The molecule has 0 bridgehead atoms. The van der Waals surface area contributed by atoms with Crippen LogP contribution in [0.4, 0.5) is 0 Å². The quantitative estimate of drug-likeness (QED) is 0.838. The van der Waals surface area contributed by atoms with Crippen molar-refractivity contribution in [3.8, 4) is 0 Å². The van der Waals surface area contributed by atoms with Crippen LogP contribution in [0.25, 0.3) is 0 Å². The highest BCUT2D eigenvalue weighted by Crippen LogP contribution is 2.13. The zero-order chi connectivity index (χ0) is 13.0. The molecule has 94 valence electrons. The zero-order valence-corrected chi connectivity index (χ0v) is 10.1. The lowest BCUT2D eigenvalue weighted by molar-refractivity contribution is -0.138. The largest absolute Gasteiger partial charge is 0.480 e. The van der Waals surface area contributed by atoms with Crippen molar-refractivity contribution < 1.29 is 19.2 Å². The molecule has 0 aliphatic rings. The summed E-state index contributed by atoms with van der Waals surface area (Å²) in [5.74, 6) is -1.38. The Kier molecular flexibility index (Phi) is 4.25. The highest BCUT2D eigenvalue weighted by Gasteiger charge is 2.26. The van der Waals surface area contributed by atoms with Crippen LogP contribution in [0.1, 0.15) is 36.4 Å². The summed E-state index contributed by atoms with van der Waals surface area (Å²) in [5.41, 5.74) is 0.605. The molecule has 0 saturated heterocycles. The van der Waals surface area contributed by atoms with Gasteiger partial charge in [0.25, 0.3) is 5.91 Å². The molecule has 0 radical (unpaired) electrons. The zero-order valence-electron chi connectivity index (χ0n) is 10.1. The first kappa shape index (κ1) is 13.2. The molecule has 0 aliphatic carbocycles. The highest BCUT2D eigenvalue weighted by molar-refractivity contribution is 5.94. The minimum absolute atomic E-state index is 0.103. The number of aromatic nitrogens is 1. The van der Waals surface area contributed by atoms with Crippen molar-refractivity contribution in [2.24, 2.45) is 0 Å². The van der Waals surface area contributed by atoms with E-state index in [9.17, 15) is 9.59 Å². The minimum Gasteiger partial charge on any atom is -0.480 e. The monoisotopic (exact) mass is 240 g/mol. The number of carbonyl (C=O) groups excluding carboxylic acids is 1. The number of carbonyl (C=O) groups is 2. The lowest BCUT2D eigenvalue weighted by atomic mass is 10.2. The fourth-order valence-corrected chi connectivity index (χ4v) is 1.42. The molecule has 0 aliphatic heterocycles. The molecule has 6 nitrogen and oxygen atoms in total. The van der Waals surface area contributed by atoms with E-state index in [-0.39, 0.29) is 18.3 Å². The summed E-state index contributed by atoms with van der Waals surface area (Å²) in [6, 6.07) is -0.164. The van der Waals surface area contributed by atoms with Gasteiger partial charge in [0.1, 0.15) is 6.54 Å². The van der Waals surface area contributed by atoms with Gasteiger partial charge in [0.15, 0.2) is 0 Å². The molecule has 1 N–H and O–H groups in total. The van der Waals surface area contributed by atoms with Gasteiger partial charge in [0, 0.05) is 11.6 Å². The molecular formula is C11H16N2O4. The van der Waals surface area contributed by atoms with E-state index < -0.39 is 11.9 Å². The van der Waals surface area contributed by atoms with E-state index in [1.165, 1.54) is 11.1 Å². The van der Waals surface area contributed by atoms with Gasteiger partial charge in [0.05, 0.1) is 6.20 Å². The lowest BCUT2D eigenvalue weighted by Gasteiger charge is -2.25. The summed E-state index contributed by atoms with van der Waals surface area (Å²) in [6.45, 7) is 5.04. The first-order chi connectivity index (χ1) is 7.97. The van der Waals surface area contributed by atoms with E-state index in [4.69, 9.17) is 9.63 Å². The van der Waals surface area contributed by atoms with Crippen molar-refractivity contribution in [2.45, 2.75) is 33.2 Å². The number of amides is 1. The molecule has 1 unspecified atom stereocenters. The van der Waals surface area contributed by atoms with Crippen LogP contribution in [0.15, 0.2) is 10.7 Å². The van der Waals surface area contributed by atoms with Crippen LogP contribution in [-0.4, -0.2) is 39.6 Å². The number of rotatable bonds is 5. The van der Waals surface area contributed by atoms with E-state index >= 15 is 0 Å². The van der Waals surface area contributed by atoms with Crippen molar-refractivity contribution in [3.05, 3.63) is 17.5 Å². The summed E-state index contributed by atoms with van der Waals surface area (Å²) in [6.07, 6.45) is 2.11. The fourth-order valence-electron chi connectivity index (χ4n) is 1.42. The van der Waals surface area contributed by atoms with Gasteiger partial charge in [-0.25, -0.2) is 0 Å². The standard InChI is InChI=1S/C11H16N2O4/c1-4-8(3)13(6-9(14)15)11(16)10-7(2)5-12-17-10/h5,8H,4,6H2,1-3H3,(H,14,15). The molecule has 1 heterocycles. The third-order valence-corrected chi connectivity index (χ3v) is 2.63. The third kappa shape index (κ3) is 3.05. The van der Waals surface area contributed by atoms with E-state index in [2.05, 4.69) is 5.16 Å². The van der Waals surface area contributed by atoms with E-state index in [0.29, 0.717) is 12.0 Å². The summed E-state index contributed by atoms with van der Waals surface area (Å²) < 4.78 is 4.85. The number of aryl methyl sites for hydroxylation is 1. The van der Waals surface area contributed by atoms with Gasteiger partial charge in [-0.3, -0.25) is 9.59 Å². The minimum atomic E-state index is -1.05. The Balaban J connectivity index is 2.94.